The number of hydrogen-bond donors (Lipinski definition) is 0. The van der Waals surface area contributed by atoms with E-state index in [1.807, 2.05) is 13.0 Å². The van der Waals surface area contributed by atoms with E-state index in [-0.39, 0.29) is 34.1 Å². The number of anilines is 1. The second-order valence-corrected chi connectivity index (χ2v) is 8.10. The van der Waals surface area contributed by atoms with Crippen molar-refractivity contribution < 1.29 is 17.9 Å². The lowest BCUT2D eigenvalue weighted by atomic mass is 10.1. The van der Waals surface area contributed by atoms with Crippen LogP contribution in [0.15, 0.2) is 47.4 Å². The third-order valence-electron chi connectivity index (χ3n) is 3.89. The lowest BCUT2D eigenvalue weighted by molar-refractivity contribution is 0.0601. The van der Waals surface area contributed by atoms with Crippen molar-refractivity contribution in [3.8, 4) is 6.07 Å². The molecule has 2 rings (SSSR count). The summed E-state index contributed by atoms with van der Waals surface area (Å²) in [6.45, 7) is 1.88. The van der Waals surface area contributed by atoms with Gasteiger partial charge in [-0.1, -0.05) is 29.3 Å². The number of sulfonamides is 1. The Kier molecular flexibility index (Phi) is 6.83. The van der Waals surface area contributed by atoms with E-state index in [2.05, 4.69) is 0 Å². The summed E-state index contributed by atoms with van der Waals surface area (Å²) < 4.78 is 32.4. The molecule has 0 N–H and O–H groups in total. The second-order valence-electron chi connectivity index (χ2n) is 5.80. The largest absolute Gasteiger partial charge is 0.465 e. The molecule has 0 spiro atoms. The van der Waals surface area contributed by atoms with Gasteiger partial charge in [0.25, 0.3) is 10.0 Å². The molecule has 0 saturated heterocycles. The Labute approximate surface area is 164 Å². The number of aryl methyl sites for hydroxylation is 1. The maximum absolute atomic E-state index is 13.3. The number of nitrogens with zero attached hydrogens (tertiary/aromatic N) is 2. The molecule has 2 aromatic rings. The molecule has 0 radical (unpaired) electrons. The highest BCUT2D eigenvalue weighted by atomic mass is 35.5. The summed E-state index contributed by atoms with van der Waals surface area (Å²) >= 11 is 6.06. The highest BCUT2D eigenvalue weighted by Gasteiger charge is 2.28. The van der Waals surface area contributed by atoms with E-state index in [1.165, 1.54) is 37.4 Å². The van der Waals surface area contributed by atoms with Crippen LogP contribution >= 0.6 is 11.6 Å². The van der Waals surface area contributed by atoms with Crippen molar-refractivity contribution in [1.29, 1.82) is 5.26 Å². The van der Waals surface area contributed by atoms with Crippen LogP contribution in [-0.4, -0.2) is 28.0 Å². The highest BCUT2D eigenvalue weighted by Crippen LogP contribution is 2.31. The lowest BCUT2D eigenvalue weighted by Crippen LogP contribution is -2.33. The third-order valence-corrected chi connectivity index (χ3v) is 5.96. The molecule has 0 heterocycles. The van der Waals surface area contributed by atoms with E-state index in [4.69, 9.17) is 21.6 Å². The number of carbonyl (C=O) groups excluding carboxylic acids is 1. The van der Waals surface area contributed by atoms with Gasteiger partial charge in [0.1, 0.15) is 0 Å². The monoisotopic (exact) mass is 406 g/mol. The maximum atomic E-state index is 13.3. The minimum absolute atomic E-state index is 0.0219. The molecule has 0 aliphatic heterocycles. The lowest BCUT2D eigenvalue weighted by Gasteiger charge is -2.26. The molecule has 6 nitrogen and oxygen atoms in total. The van der Waals surface area contributed by atoms with E-state index in [0.717, 1.165) is 9.87 Å². The van der Waals surface area contributed by atoms with E-state index in [9.17, 15) is 13.2 Å². The van der Waals surface area contributed by atoms with Crippen molar-refractivity contribution in [3.05, 3.63) is 58.6 Å². The van der Waals surface area contributed by atoms with Crippen molar-refractivity contribution in [3.63, 3.8) is 0 Å². The standard InChI is InChI=1S/C19H19ClN2O4S/c1-14-5-8-16(9-6-14)27(24,25)22(12-4-3-11-21)18-13-15(20)7-10-17(18)19(23)26-2/h5-10,13H,3-4,12H2,1-2H3. The summed E-state index contributed by atoms with van der Waals surface area (Å²) in [4.78, 5) is 12.2. The molecule has 0 aliphatic carbocycles. The topological polar surface area (TPSA) is 87.5 Å². The van der Waals surface area contributed by atoms with Gasteiger partial charge >= 0.3 is 5.97 Å². The minimum atomic E-state index is -3.97. The third kappa shape index (κ3) is 4.79. The number of benzene rings is 2. The fraction of sp³-hybridized carbons (Fsp3) is 0.263. The number of carbonyl (C=O) groups is 1. The van der Waals surface area contributed by atoms with Crippen LogP contribution in [0.2, 0.25) is 5.02 Å². The van der Waals surface area contributed by atoms with E-state index >= 15 is 0 Å². The molecule has 0 fully saturated rings. The predicted molar refractivity (Wildman–Crippen MR) is 103 cm³/mol. The first kappa shape index (κ1) is 20.7. The smallest absolute Gasteiger partial charge is 0.340 e. The SMILES string of the molecule is COC(=O)c1ccc(Cl)cc1N(CCCC#N)S(=O)(=O)c1ccc(C)cc1. The van der Waals surface area contributed by atoms with Gasteiger partial charge in [0, 0.05) is 18.0 Å². The van der Waals surface area contributed by atoms with Gasteiger partial charge in [-0.2, -0.15) is 5.26 Å². The molecular weight excluding hydrogens is 388 g/mol. The maximum Gasteiger partial charge on any atom is 0.340 e. The van der Waals surface area contributed by atoms with E-state index in [1.54, 1.807) is 12.1 Å². The molecule has 0 amide bonds. The van der Waals surface area contributed by atoms with Crippen molar-refractivity contribution in [2.75, 3.05) is 18.0 Å². The van der Waals surface area contributed by atoms with Crippen LogP contribution in [0.25, 0.3) is 0 Å². The molecule has 0 aromatic heterocycles. The summed E-state index contributed by atoms with van der Waals surface area (Å²) in [7, 11) is -2.76. The Bertz CT molecular complexity index is 966. The summed E-state index contributed by atoms with van der Waals surface area (Å²) in [6.07, 6.45) is 0.475. The van der Waals surface area contributed by atoms with Gasteiger partial charge in [0.2, 0.25) is 0 Å². The Morgan fingerprint density at radius 1 is 1.22 bits per heavy atom. The van der Waals surface area contributed by atoms with Crippen LogP contribution in [0.4, 0.5) is 5.69 Å². The first-order chi connectivity index (χ1) is 12.8. The Morgan fingerprint density at radius 2 is 1.89 bits per heavy atom. The van der Waals surface area contributed by atoms with Crippen LogP contribution < -0.4 is 4.31 Å². The number of nitriles is 1. The normalized spacial score (nSPS) is 10.9. The molecule has 27 heavy (non-hydrogen) atoms. The number of rotatable bonds is 7. The summed E-state index contributed by atoms with van der Waals surface area (Å²) in [5.41, 5.74) is 1.12. The molecule has 2 aromatic carbocycles. The Morgan fingerprint density at radius 3 is 2.48 bits per heavy atom. The number of methoxy groups -OCH3 is 1. The van der Waals surface area contributed by atoms with Crippen molar-refractivity contribution in [2.45, 2.75) is 24.7 Å². The van der Waals surface area contributed by atoms with Gasteiger partial charge < -0.3 is 4.74 Å². The average molecular weight is 407 g/mol. The van der Waals surface area contributed by atoms with Gasteiger partial charge in [0.15, 0.2) is 0 Å². The number of ether oxygens (including phenoxy) is 1. The van der Waals surface area contributed by atoms with Crippen LogP contribution in [0.3, 0.4) is 0 Å². The fourth-order valence-corrected chi connectivity index (χ4v) is 4.18. The minimum Gasteiger partial charge on any atom is -0.465 e. The van der Waals surface area contributed by atoms with Gasteiger partial charge in [-0.25, -0.2) is 13.2 Å². The first-order valence-electron chi connectivity index (χ1n) is 8.15. The van der Waals surface area contributed by atoms with Crippen LogP contribution in [0.5, 0.6) is 0 Å². The van der Waals surface area contributed by atoms with E-state index < -0.39 is 16.0 Å². The van der Waals surface area contributed by atoms with Gasteiger partial charge in [-0.3, -0.25) is 4.31 Å². The Hall–Kier alpha value is -2.56. The molecule has 0 unspecified atom stereocenters. The average Bonchev–Trinajstić information content (AvgIpc) is 2.64. The van der Waals surface area contributed by atoms with Crippen molar-refractivity contribution >= 4 is 33.3 Å². The number of unbranched alkanes of at least 4 members (excludes halogenated alkanes) is 1. The molecule has 142 valence electrons. The molecular formula is C19H19ClN2O4S. The molecule has 0 aliphatic rings. The zero-order chi connectivity index (χ0) is 20.0. The zero-order valence-electron chi connectivity index (χ0n) is 15.0. The summed E-state index contributed by atoms with van der Waals surface area (Å²) in [5, 5.41) is 9.09. The molecule has 0 atom stereocenters. The van der Waals surface area contributed by atoms with Crippen molar-refractivity contribution in [1.82, 2.24) is 0 Å². The van der Waals surface area contributed by atoms with Crippen molar-refractivity contribution in [2.24, 2.45) is 0 Å². The zero-order valence-corrected chi connectivity index (χ0v) is 16.5. The van der Waals surface area contributed by atoms with Gasteiger partial charge in [-0.15, -0.1) is 0 Å². The van der Waals surface area contributed by atoms with Crippen LogP contribution in [0, 0.1) is 18.3 Å². The van der Waals surface area contributed by atoms with Crippen LogP contribution in [0.1, 0.15) is 28.8 Å². The van der Waals surface area contributed by atoms with Gasteiger partial charge in [0.05, 0.1) is 29.3 Å². The fourth-order valence-electron chi connectivity index (χ4n) is 2.50. The Balaban J connectivity index is 2.62. The van der Waals surface area contributed by atoms with Crippen LogP contribution in [-0.2, 0) is 14.8 Å². The van der Waals surface area contributed by atoms with E-state index in [0.29, 0.717) is 6.42 Å². The highest BCUT2D eigenvalue weighted by molar-refractivity contribution is 7.92. The number of halogens is 1. The number of hydrogen-bond acceptors (Lipinski definition) is 5. The quantitative estimate of drug-likeness (QED) is 0.513. The summed E-state index contributed by atoms with van der Waals surface area (Å²) in [6, 6.07) is 12.7. The molecule has 8 heteroatoms. The molecule has 0 saturated carbocycles. The predicted octanol–water partition coefficient (Wildman–Crippen LogP) is 3.93. The summed E-state index contributed by atoms with van der Waals surface area (Å²) in [5.74, 6) is -0.675. The second kappa shape index (κ2) is 8.89. The molecule has 0 bridgehead atoms. The van der Waals surface area contributed by atoms with Gasteiger partial charge in [-0.05, 0) is 43.7 Å². The number of esters is 1. The first-order valence-corrected chi connectivity index (χ1v) is 9.97.